The maximum atomic E-state index is 12.8. The van der Waals surface area contributed by atoms with Gasteiger partial charge in [-0.3, -0.25) is 23.6 Å². The molecular formula is C40H41N2O10P. The summed E-state index contributed by atoms with van der Waals surface area (Å²) >= 11 is 0. The summed E-state index contributed by atoms with van der Waals surface area (Å²) in [6.07, 6.45) is -0.255. The lowest BCUT2D eigenvalue weighted by Crippen LogP contribution is -2.32. The fourth-order valence-corrected chi connectivity index (χ4v) is 6.24. The lowest BCUT2D eigenvalue weighted by molar-refractivity contribution is -0.146. The number of benzene rings is 4. The van der Waals surface area contributed by atoms with Gasteiger partial charge in [0.15, 0.2) is 0 Å². The molecule has 1 atom stereocenters. The SMILES string of the molecule is COc1ccc(C(OCc2cccc(COP(=O)(O)OCc3cccc(COC(=O)CCC(N)=O)n3)c2)(c2ccccc2)c2ccc(OC)cc2)cc1. The molecule has 0 bridgehead atoms. The second-order valence-electron chi connectivity index (χ2n) is 11.9. The van der Waals surface area contributed by atoms with Crippen molar-refractivity contribution in [1.29, 1.82) is 0 Å². The van der Waals surface area contributed by atoms with Crippen LogP contribution in [0.25, 0.3) is 0 Å². The number of carbonyl (C=O) groups is 2. The van der Waals surface area contributed by atoms with Crippen molar-refractivity contribution in [3.05, 3.63) is 161 Å². The zero-order valence-electron chi connectivity index (χ0n) is 29.4. The number of hydrogen-bond donors (Lipinski definition) is 2. The number of carbonyl (C=O) groups excluding carboxylic acids is 2. The Hall–Kier alpha value is -5.36. The molecule has 1 heterocycles. The third-order valence-corrected chi connectivity index (χ3v) is 9.12. The van der Waals surface area contributed by atoms with Crippen molar-refractivity contribution in [2.45, 2.75) is 44.9 Å². The van der Waals surface area contributed by atoms with Gasteiger partial charge in [-0.15, -0.1) is 0 Å². The summed E-state index contributed by atoms with van der Waals surface area (Å²) in [5.74, 6) is 0.227. The number of aromatic nitrogens is 1. The van der Waals surface area contributed by atoms with E-state index in [2.05, 4.69) is 4.98 Å². The summed E-state index contributed by atoms with van der Waals surface area (Å²) in [5.41, 5.74) is 8.85. The van der Waals surface area contributed by atoms with Crippen LogP contribution in [0, 0.1) is 0 Å². The minimum absolute atomic E-state index is 0.117. The monoisotopic (exact) mass is 740 g/mol. The van der Waals surface area contributed by atoms with Gasteiger partial charge in [0.1, 0.15) is 30.3 Å². The van der Waals surface area contributed by atoms with Crippen LogP contribution in [0.4, 0.5) is 0 Å². The van der Waals surface area contributed by atoms with Gasteiger partial charge in [-0.1, -0.05) is 84.9 Å². The van der Waals surface area contributed by atoms with E-state index >= 15 is 0 Å². The molecule has 4 aromatic carbocycles. The predicted octanol–water partition coefficient (Wildman–Crippen LogP) is 6.75. The zero-order chi connectivity index (χ0) is 37.7. The van der Waals surface area contributed by atoms with Crippen LogP contribution in [0.3, 0.4) is 0 Å². The Morgan fingerprint density at radius 1 is 0.660 bits per heavy atom. The van der Waals surface area contributed by atoms with Crippen molar-refractivity contribution in [3.8, 4) is 11.5 Å². The van der Waals surface area contributed by atoms with Gasteiger partial charge >= 0.3 is 13.8 Å². The number of nitrogens with two attached hydrogens (primary N) is 1. The number of rotatable bonds is 19. The average Bonchev–Trinajstić information content (AvgIpc) is 3.19. The average molecular weight is 741 g/mol. The molecule has 0 aliphatic carbocycles. The van der Waals surface area contributed by atoms with Crippen molar-refractivity contribution in [1.82, 2.24) is 4.98 Å². The first-order valence-electron chi connectivity index (χ1n) is 16.7. The molecule has 1 aromatic heterocycles. The highest BCUT2D eigenvalue weighted by Gasteiger charge is 2.38. The van der Waals surface area contributed by atoms with Gasteiger partial charge in [0.05, 0.1) is 45.2 Å². The van der Waals surface area contributed by atoms with Crippen LogP contribution < -0.4 is 15.2 Å². The van der Waals surface area contributed by atoms with Crippen LogP contribution >= 0.6 is 7.82 Å². The third kappa shape index (κ3) is 10.8. The summed E-state index contributed by atoms with van der Waals surface area (Å²) < 4.78 is 46.3. The Bertz CT molecular complexity index is 1960. The van der Waals surface area contributed by atoms with Crippen molar-refractivity contribution in [3.63, 3.8) is 0 Å². The minimum atomic E-state index is -4.50. The first kappa shape index (κ1) is 38.9. The molecular weight excluding hydrogens is 699 g/mol. The van der Waals surface area contributed by atoms with Crippen LogP contribution in [0.15, 0.2) is 121 Å². The summed E-state index contributed by atoms with van der Waals surface area (Å²) in [4.78, 5) is 37.4. The normalized spacial score (nSPS) is 12.4. The smallest absolute Gasteiger partial charge is 0.472 e. The fourth-order valence-electron chi connectivity index (χ4n) is 5.56. The standard InChI is InChI=1S/C40H41N2O10P/c1-47-36-18-14-32(15-19-36)40(31-10-4-3-5-11-31,33-16-20-37(48-2)21-17-33)50-25-29-8-6-9-30(24-29)26-51-53(45,46)52-28-35-13-7-12-34(42-35)27-49-39(44)23-22-38(41)43/h3-21,24H,22-23,25-28H2,1-2H3,(H2,41,43)(H,45,46). The molecule has 53 heavy (non-hydrogen) atoms. The number of phosphoric acid groups is 1. The number of phosphoric ester groups is 1. The maximum Gasteiger partial charge on any atom is 0.472 e. The molecule has 0 saturated carbocycles. The highest BCUT2D eigenvalue weighted by molar-refractivity contribution is 7.47. The number of ether oxygens (including phenoxy) is 4. The molecule has 0 fully saturated rings. The maximum absolute atomic E-state index is 12.8. The van der Waals surface area contributed by atoms with Gasteiger partial charge in [-0.05, 0) is 64.2 Å². The van der Waals surface area contributed by atoms with Gasteiger partial charge in [-0.25, -0.2) is 4.57 Å². The molecule has 1 unspecified atom stereocenters. The quantitative estimate of drug-likeness (QED) is 0.0523. The van der Waals surface area contributed by atoms with Crippen molar-refractivity contribution >= 4 is 19.7 Å². The second-order valence-corrected chi connectivity index (χ2v) is 13.3. The van der Waals surface area contributed by atoms with E-state index in [1.54, 1.807) is 38.5 Å². The lowest BCUT2D eigenvalue weighted by atomic mass is 9.80. The number of esters is 1. The van der Waals surface area contributed by atoms with Gasteiger partial charge in [0.2, 0.25) is 5.91 Å². The number of nitrogens with zero attached hydrogens (tertiary/aromatic N) is 1. The van der Waals surface area contributed by atoms with E-state index in [0.29, 0.717) is 28.5 Å². The van der Waals surface area contributed by atoms with Crippen molar-refractivity contribution < 1.29 is 47.0 Å². The van der Waals surface area contributed by atoms with E-state index in [4.69, 9.17) is 33.7 Å². The summed E-state index contributed by atoms with van der Waals surface area (Å²) in [6.45, 7) is -0.511. The molecule has 0 radical (unpaired) electrons. The molecule has 12 nitrogen and oxygen atoms in total. The largest absolute Gasteiger partial charge is 0.497 e. The topological polar surface area (TPSA) is 166 Å². The van der Waals surface area contributed by atoms with Gasteiger partial charge in [0, 0.05) is 6.42 Å². The molecule has 0 aliphatic heterocycles. The molecule has 0 saturated heterocycles. The fraction of sp³-hybridized carbons (Fsp3) is 0.225. The molecule has 3 N–H and O–H groups in total. The molecule has 276 valence electrons. The van der Waals surface area contributed by atoms with E-state index in [1.807, 2.05) is 97.1 Å². The van der Waals surface area contributed by atoms with Crippen LogP contribution in [0.5, 0.6) is 11.5 Å². The number of pyridine rings is 1. The zero-order valence-corrected chi connectivity index (χ0v) is 30.3. The molecule has 1 amide bonds. The number of hydrogen-bond acceptors (Lipinski definition) is 10. The van der Waals surface area contributed by atoms with Crippen LogP contribution in [0.1, 0.15) is 52.0 Å². The first-order chi connectivity index (χ1) is 25.6. The Morgan fingerprint density at radius 2 is 1.19 bits per heavy atom. The molecule has 5 rings (SSSR count). The van der Waals surface area contributed by atoms with Crippen LogP contribution in [-0.2, 0) is 64.7 Å². The van der Waals surface area contributed by atoms with Crippen molar-refractivity contribution in [2.24, 2.45) is 5.73 Å². The Kier molecular flexibility index (Phi) is 13.5. The van der Waals surface area contributed by atoms with Crippen LogP contribution in [-0.4, -0.2) is 36.0 Å². The molecule has 0 aliphatic rings. The second kappa shape index (κ2) is 18.4. The first-order valence-corrected chi connectivity index (χ1v) is 18.2. The van der Waals surface area contributed by atoms with Crippen molar-refractivity contribution in [2.75, 3.05) is 14.2 Å². The number of primary amides is 1. The molecule has 5 aromatic rings. The predicted molar refractivity (Wildman–Crippen MR) is 195 cm³/mol. The highest BCUT2D eigenvalue weighted by atomic mass is 31.2. The van der Waals surface area contributed by atoms with E-state index in [9.17, 15) is 19.0 Å². The van der Waals surface area contributed by atoms with Gasteiger partial charge in [0.25, 0.3) is 0 Å². The van der Waals surface area contributed by atoms with E-state index in [1.165, 1.54) is 0 Å². The molecule has 0 spiro atoms. The summed E-state index contributed by atoms with van der Waals surface area (Å²) in [7, 11) is -1.26. The van der Waals surface area contributed by atoms with E-state index < -0.39 is 25.3 Å². The Labute approximate surface area is 308 Å². The summed E-state index contributed by atoms with van der Waals surface area (Å²) in [6, 6.07) is 37.6. The third-order valence-electron chi connectivity index (χ3n) is 8.21. The minimum Gasteiger partial charge on any atom is -0.497 e. The van der Waals surface area contributed by atoms with E-state index in [0.717, 1.165) is 22.3 Å². The van der Waals surface area contributed by atoms with Crippen LogP contribution in [0.2, 0.25) is 0 Å². The lowest BCUT2D eigenvalue weighted by Gasteiger charge is -2.36. The Morgan fingerprint density at radius 3 is 1.77 bits per heavy atom. The van der Waals surface area contributed by atoms with Gasteiger partial charge in [-0.2, -0.15) is 0 Å². The Balaban J connectivity index is 1.27. The molecule has 13 heteroatoms. The van der Waals surface area contributed by atoms with Gasteiger partial charge < -0.3 is 29.6 Å². The summed E-state index contributed by atoms with van der Waals surface area (Å²) in [5, 5.41) is 0. The number of amides is 1. The van der Waals surface area contributed by atoms with E-state index in [-0.39, 0.29) is 39.3 Å². The number of methoxy groups -OCH3 is 2. The highest BCUT2D eigenvalue weighted by Crippen LogP contribution is 2.45.